The number of halogens is 1. The zero-order valence-electron chi connectivity index (χ0n) is 11.0. The maximum atomic E-state index is 4.55. The number of benzene rings is 1. The van der Waals surface area contributed by atoms with Crippen molar-refractivity contribution in [2.45, 2.75) is 18.9 Å². The van der Waals surface area contributed by atoms with Crippen LogP contribution in [-0.2, 0) is 0 Å². The number of fused-ring (bicyclic) bond motifs is 3. The highest BCUT2D eigenvalue weighted by Crippen LogP contribution is 2.29. The van der Waals surface area contributed by atoms with Gasteiger partial charge in [-0.05, 0) is 66.7 Å². The van der Waals surface area contributed by atoms with Crippen molar-refractivity contribution < 1.29 is 0 Å². The molecule has 102 valence electrons. The highest BCUT2D eigenvalue weighted by molar-refractivity contribution is 14.1. The van der Waals surface area contributed by atoms with E-state index < -0.39 is 0 Å². The Bertz CT molecular complexity index is 774. The summed E-state index contributed by atoms with van der Waals surface area (Å²) < 4.78 is 3.60. The quantitative estimate of drug-likeness (QED) is 0.662. The zero-order valence-corrected chi connectivity index (χ0v) is 13.2. The molecule has 0 saturated carbocycles. The topological polar surface area (TPSA) is 42.7 Å². The third kappa shape index (κ3) is 2.00. The minimum absolute atomic E-state index is 0.546. The van der Waals surface area contributed by atoms with Crippen molar-refractivity contribution in [3.05, 3.63) is 34.3 Å². The first kappa shape index (κ1) is 12.5. The van der Waals surface area contributed by atoms with Crippen LogP contribution in [0.4, 0.5) is 0 Å². The molecule has 0 radical (unpaired) electrons. The molecule has 0 bridgehead atoms. The molecule has 1 fully saturated rings. The van der Waals surface area contributed by atoms with Gasteiger partial charge in [-0.15, -0.1) is 0 Å². The predicted molar refractivity (Wildman–Crippen MR) is 88.9 cm³/mol. The Morgan fingerprint density at radius 3 is 2.85 bits per heavy atom. The van der Waals surface area contributed by atoms with Crippen molar-refractivity contribution in [1.82, 2.24) is 19.9 Å². The van der Waals surface area contributed by atoms with Gasteiger partial charge in [0.05, 0.1) is 23.6 Å². The van der Waals surface area contributed by atoms with Crippen molar-refractivity contribution in [1.29, 1.82) is 0 Å². The van der Waals surface area contributed by atoms with Gasteiger partial charge in [0, 0.05) is 15.0 Å². The molecule has 0 unspecified atom stereocenters. The van der Waals surface area contributed by atoms with E-state index in [0.717, 1.165) is 24.1 Å². The maximum absolute atomic E-state index is 4.55. The molecule has 0 spiro atoms. The van der Waals surface area contributed by atoms with Gasteiger partial charge in [0.25, 0.3) is 0 Å². The van der Waals surface area contributed by atoms with E-state index in [1.54, 1.807) is 0 Å². The highest BCUT2D eigenvalue weighted by Gasteiger charge is 2.18. The van der Waals surface area contributed by atoms with Gasteiger partial charge in [-0.3, -0.25) is 4.98 Å². The summed E-state index contributed by atoms with van der Waals surface area (Å²) in [5.41, 5.74) is 3.28. The molecule has 4 rings (SSSR count). The van der Waals surface area contributed by atoms with E-state index in [-0.39, 0.29) is 0 Å². The first-order valence-corrected chi connectivity index (χ1v) is 8.02. The Morgan fingerprint density at radius 2 is 2.00 bits per heavy atom. The van der Waals surface area contributed by atoms with Gasteiger partial charge in [0.15, 0.2) is 0 Å². The number of hydrogen-bond acceptors (Lipinski definition) is 3. The summed E-state index contributed by atoms with van der Waals surface area (Å²) in [6.45, 7) is 2.18. The molecular formula is C15H15IN4. The fourth-order valence-electron chi connectivity index (χ4n) is 3.05. The number of hydrogen-bond donors (Lipinski definition) is 1. The van der Waals surface area contributed by atoms with Gasteiger partial charge < -0.3 is 9.88 Å². The molecule has 0 amide bonds. The van der Waals surface area contributed by atoms with Gasteiger partial charge in [0.2, 0.25) is 0 Å². The number of nitrogens with zero attached hydrogens (tertiary/aromatic N) is 3. The Hall–Kier alpha value is -1.21. The Kier molecular flexibility index (Phi) is 3.11. The monoisotopic (exact) mass is 378 g/mol. The van der Waals surface area contributed by atoms with Gasteiger partial charge in [-0.25, -0.2) is 4.98 Å². The molecule has 1 aliphatic heterocycles. The Balaban J connectivity index is 1.99. The molecule has 5 heteroatoms. The second-order valence-electron chi connectivity index (χ2n) is 5.29. The SMILES string of the molecule is Ic1ccc2ncc3ncn(C4CCNCC4)c3c2c1. The smallest absolute Gasteiger partial charge is 0.107 e. The minimum Gasteiger partial charge on any atom is -0.327 e. The number of pyridine rings is 1. The van der Waals surface area contributed by atoms with Crippen molar-refractivity contribution in [3.63, 3.8) is 0 Å². The maximum Gasteiger partial charge on any atom is 0.107 e. The number of imidazole rings is 1. The van der Waals surface area contributed by atoms with Crippen LogP contribution in [0, 0.1) is 3.57 Å². The summed E-state index contributed by atoms with van der Waals surface area (Å²) in [5.74, 6) is 0. The van der Waals surface area contributed by atoms with Crippen LogP contribution in [0.1, 0.15) is 18.9 Å². The molecule has 1 aliphatic rings. The highest BCUT2D eigenvalue weighted by atomic mass is 127. The second-order valence-corrected chi connectivity index (χ2v) is 6.53. The van der Waals surface area contributed by atoms with Crippen LogP contribution in [-0.4, -0.2) is 27.6 Å². The Morgan fingerprint density at radius 1 is 1.15 bits per heavy atom. The van der Waals surface area contributed by atoms with E-state index in [2.05, 4.69) is 60.6 Å². The number of nitrogens with one attached hydrogen (secondary N) is 1. The average Bonchev–Trinajstić information content (AvgIpc) is 2.92. The van der Waals surface area contributed by atoms with E-state index in [1.807, 2.05) is 12.5 Å². The summed E-state index contributed by atoms with van der Waals surface area (Å²) in [6, 6.07) is 6.96. The normalized spacial score (nSPS) is 17.1. The number of piperidine rings is 1. The van der Waals surface area contributed by atoms with Crippen LogP contribution in [0.3, 0.4) is 0 Å². The van der Waals surface area contributed by atoms with Crippen molar-refractivity contribution in [3.8, 4) is 0 Å². The molecule has 1 N–H and O–H groups in total. The van der Waals surface area contributed by atoms with E-state index in [9.17, 15) is 0 Å². The van der Waals surface area contributed by atoms with Gasteiger partial charge >= 0.3 is 0 Å². The lowest BCUT2D eigenvalue weighted by atomic mass is 10.1. The van der Waals surface area contributed by atoms with Crippen LogP contribution in [0.5, 0.6) is 0 Å². The standard InChI is InChI=1S/C15H15IN4/c16-10-1-2-13-12(7-10)15-14(8-18-13)19-9-20(15)11-3-5-17-6-4-11/h1-2,7-9,11,17H,3-6H2. The summed E-state index contributed by atoms with van der Waals surface area (Å²) in [7, 11) is 0. The number of aromatic nitrogens is 3. The van der Waals surface area contributed by atoms with Gasteiger partial charge in [0.1, 0.15) is 5.52 Å². The fraction of sp³-hybridized carbons (Fsp3) is 0.333. The summed E-state index contributed by atoms with van der Waals surface area (Å²) >= 11 is 2.36. The lowest BCUT2D eigenvalue weighted by Crippen LogP contribution is -2.29. The molecule has 0 atom stereocenters. The molecule has 3 aromatic rings. The fourth-order valence-corrected chi connectivity index (χ4v) is 3.54. The summed E-state index contributed by atoms with van der Waals surface area (Å²) in [4.78, 5) is 9.07. The molecule has 1 saturated heterocycles. The number of rotatable bonds is 1. The van der Waals surface area contributed by atoms with Crippen molar-refractivity contribution in [2.24, 2.45) is 0 Å². The van der Waals surface area contributed by atoms with E-state index in [0.29, 0.717) is 6.04 Å². The molecule has 20 heavy (non-hydrogen) atoms. The van der Waals surface area contributed by atoms with Crippen LogP contribution < -0.4 is 5.32 Å². The second kappa shape index (κ2) is 4.96. The van der Waals surface area contributed by atoms with Crippen LogP contribution in [0.2, 0.25) is 0 Å². The van der Waals surface area contributed by atoms with Gasteiger partial charge in [-0.1, -0.05) is 0 Å². The summed E-state index contributed by atoms with van der Waals surface area (Å²) in [6.07, 6.45) is 6.21. The van der Waals surface area contributed by atoms with Crippen molar-refractivity contribution >= 4 is 44.5 Å². The molecule has 1 aromatic carbocycles. The first-order chi connectivity index (χ1) is 9.83. The van der Waals surface area contributed by atoms with Crippen LogP contribution >= 0.6 is 22.6 Å². The van der Waals surface area contributed by atoms with Crippen LogP contribution in [0.25, 0.3) is 21.9 Å². The van der Waals surface area contributed by atoms with Crippen molar-refractivity contribution in [2.75, 3.05) is 13.1 Å². The molecule has 4 nitrogen and oxygen atoms in total. The zero-order chi connectivity index (χ0) is 13.5. The first-order valence-electron chi connectivity index (χ1n) is 6.94. The molecular weight excluding hydrogens is 363 g/mol. The minimum atomic E-state index is 0.546. The van der Waals surface area contributed by atoms with E-state index in [1.165, 1.54) is 27.3 Å². The Labute approximate surface area is 130 Å². The predicted octanol–water partition coefficient (Wildman–Crippen LogP) is 3.11. The molecule has 0 aliphatic carbocycles. The van der Waals surface area contributed by atoms with E-state index >= 15 is 0 Å². The van der Waals surface area contributed by atoms with Gasteiger partial charge in [-0.2, -0.15) is 0 Å². The third-order valence-corrected chi connectivity index (χ3v) is 4.73. The lowest BCUT2D eigenvalue weighted by molar-refractivity contribution is 0.375. The van der Waals surface area contributed by atoms with Crippen LogP contribution in [0.15, 0.2) is 30.7 Å². The average molecular weight is 378 g/mol. The largest absolute Gasteiger partial charge is 0.327 e. The lowest BCUT2D eigenvalue weighted by Gasteiger charge is -2.24. The summed E-state index contributed by atoms with van der Waals surface area (Å²) in [5, 5.41) is 4.64. The molecule has 2 aromatic heterocycles. The van der Waals surface area contributed by atoms with E-state index in [4.69, 9.17) is 0 Å². The third-order valence-electron chi connectivity index (χ3n) is 4.06. The molecule has 3 heterocycles.